The number of aromatic amines is 1. The van der Waals surface area contributed by atoms with Crippen molar-refractivity contribution in [3.8, 4) is 5.75 Å². The predicted octanol–water partition coefficient (Wildman–Crippen LogP) is 1.06. The number of nitrogens with one attached hydrogen (secondary N) is 1. The molecule has 0 radical (unpaired) electrons. The number of aliphatic hydroxyl groups excluding tert-OH is 1. The van der Waals surface area contributed by atoms with Gasteiger partial charge in [0.05, 0.1) is 25.6 Å². The number of nitrogens with zero attached hydrogens (tertiary/aromatic N) is 1. The lowest BCUT2D eigenvalue weighted by Crippen LogP contribution is -1.89. The number of rotatable bonds is 2. The Kier molecular flexibility index (Phi) is 1.90. The molecule has 2 N–H and O–H groups in total. The van der Waals surface area contributed by atoms with E-state index in [4.69, 9.17) is 9.84 Å². The molecule has 2 rings (SSSR count). The van der Waals surface area contributed by atoms with Crippen molar-refractivity contribution in [3.05, 3.63) is 24.0 Å². The van der Waals surface area contributed by atoms with Gasteiger partial charge in [0.15, 0.2) is 0 Å². The van der Waals surface area contributed by atoms with Gasteiger partial charge < -0.3 is 14.8 Å². The molecule has 0 saturated carbocycles. The number of H-pyrrole nitrogens is 1. The molecule has 0 aliphatic rings. The van der Waals surface area contributed by atoms with Crippen molar-refractivity contribution in [2.45, 2.75) is 6.61 Å². The van der Waals surface area contributed by atoms with Crippen LogP contribution in [0.1, 0.15) is 5.56 Å². The summed E-state index contributed by atoms with van der Waals surface area (Å²) < 4.78 is 5.13. The van der Waals surface area contributed by atoms with Gasteiger partial charge in [-0.15, -0.1) is 0 Å². The molecule has 2 aromatic rings. The molecule has 13 heavy (non-hydrogen) atoms. The number of aromatic nitrogens is 2. The molecule has 4 nitrogen and oxygen atoms in total. The van der Waals surface area contributed by atoms with Crippen molar-refractivity contribution in [3.63, 3.8) is 0 Å². The number of imidazole rings is 1. The molecule has 0 aliphatic carbocycles. The maximum atomic E-state index is 9.02. The third kappa shape index (κ3) is 1.15. The summed E-state index contributed by atoms with van der Waals surface area (Å²) >= 11 is 0. The lowest BCUT2D eigenvalue weighted by atomic mass is 10.2. The van der Waals surface area contributed by atoms with Crippen LogP contribution in [-0.2, 0) is 6.61 Å². The van der Waals surface area contributed by atoms with Crippen molar-refractivity contribution in [2.24, 2.45) is 0 Å². The highest BCUT2D eigenvalue weighted by molar-refractivity contribution is 5.84. The third-order valence-corrected chi connectivity index (χ3v) is 2.02. The third-order valence-electron chi connectivity index (χ3n) is 2.02. The average Bonchev–Trinajstić information content (AvgIpc) is 2.64. The van der Waals surface area contributed by atoms with Crippen LogP contribution in [0.2, 0.25) is 0 Å². The molecule has 1 aromatic carbocycles. The molecule has 0 saturated heterocycles. The Bertz CT molecular complexity index is 384. The van der Waals surface area contributed by atoms with Crippen LogP contribution >= 0.6 is 0 Å². The lowest BCUT2D eigenvalue weighted by Gasteiger charge is -2.03. The first-order valence-corrected chi connectivity index (χ1v) is 3.96. The molecule has 0 amide bonds. The Morgan fingerprint density at radius 3 is 3.08 bits per heavy atom. The van der Waals surface area contributed by atoms with Crippen molar-refractivity contribution in [2.75, 3.05) is 7.11 Å². The summed E-state index contributed by atoms with van der Waals surface area (Å²) in [5.41, 5.74) is 2.40. The zero-order valence-corrected chi connectivity index (χ0v) is 7.24. The monoisotopic (exact) mass is 178 g/mol. The van der Waals surface area contributed by atoms with Crippen molar-refractivity contribution in [1.82, 2.24) is 9.97 Å². The Labute approximate surface area is 75.2 Å². The predicted molar refractivity (Wildman–Crippen MR) is 48.6 cm³/mol. The van der Waals surface area contributed by atoms with Gasteiger partial charge in [0.25, 0.3) is 0 Å². The molecule has 0 spiro atoms. The minimum atomic E-state index is -0.00858. The highest BCUT2D eigenvalue weighted by atomic mass is 16.5. The van der Waals surface area contributed by atoms with E-state index >= 15 is 0 Å². The van der Waals surface area contributed by atoms with E-state index in [1.807, 2.05) is 12.1 Å². The van der Waals surface area contributed by atoms with E-state index in [1.165, 1.54) is 0 Å². The smallest absolute Gasteiger partial charge is 0.144 e. The van der Waals surface area contributed by atoms with Crippen LogP contribution < -0.4 is 4.74 Å². The molecule has 68 valence electrons. The average molecular weight is 178 g/mol. The second kappa shape index (κ2) is 3.06. The Morgan fingerprint density at radius 2 is 2.38 bits per heavy atom. The number of methoxy groups -OCH3 is 1. The van der Waals surface area contributed by atoms with Gasteiger partial charge in [0, 0.05) is 5.56 Å². The summed E-state index contributed by atoms with van der Waals surface area (Å²) in [7, 11) is 1.61. The SMILES string of the molecule is COc1ccc(CO)c2nc[nH]c12. The number of hydrogen-bond donors (Lipinski definition) is 2. The Hall–Kier alpha value is -1.55. The van der Waals surface area contributed by atoms with E-state index in [0.717, 1.165) is 22.3 Å². The standard InChI is InChI=1S/C9H10N2O2/c1-13-7-3-2-6(4-12)8-9(7)11-5-10-8/h2-3,5,12H,4H2,1H3,(H,10,11). The number of aliphatic hydroxyl groups is 1. The summed E-state index contributed by atoms with van der Waals surface area (Å²) in [6, 6.07) is 3.62. The quantitative estimate of drug-likeness (QED) is 0.723. The molecule has 0 unspecified atom stereocenters. The van der Waals surface area contributed by atoms with Crippen LogP contribution in [-0.4, -0.2) is 22.2 Å². The highest BCUT2D eigenvalue weighted by Crippen LogP contribution is 2.25. The van der Waals surface area contributed by atoms with Gasteiger partial charge in [-0.05, 0) is 6.07 Å². The topological polar surface area (TPSA) is 58.1 Å². The fraction of sp³-hybridized carbons (Fsp3) is 0.222. The largest absolute Gasteiger partial charge is 0.494 e. The highest BCUT2D eigenvalue weighted by Gasteiger charge is 2.07. The molecule has 0 aliphatic heterocycles. The van der Waals surface area contributed by atoms with Crippen molar-refractivity contribution < 1.29 is 9.84 Å². The summed E-state index contributed by atoms with van der Waals surface area (Å²) in [6.07, 6.45) is 1.59. The molecule has 0 bridgehead atoms. The number of fused-ring (bicyclic) bond motifs is 1. The van der Waals surface area contributed by atoms with Gasteiger partial charge in [0.2, 0.25) is 0 Å². The molecule has 4 heteroatoms. The van der Waals surface area contributed by atoms with Crippen LogP contribution in [0, 0.1) is 0 Å². The Morgan fingerprint density at radius 1 is 1.54 bits per heavy atom. The normalized spacial score (nSPS) is 10.6. The van der Waals surface area contributed by atoms with Crippen LogP contribution in [0.5, 0.6) is 5.75 Å². The summed E-state index contributed by atoms with van der Waals surface area (Å²) in [4.78, 5) is 7.07. The number of hydrogen-bond acceptors (Lipinski definition) is 3. The van der Waals surface area contributed by atoms with E-state index in [2.05, 4.69) is 9.97 Å². The molecule has 0 atom stereocenters. The molecular weight excluding hydrogens is 168 g/mol. The summed E-state index contributed by atoms with van der Waals surface area (Å²) in [5.74, 6) is 0.740. The van der Waals surface area contributed by atoms with Crippen molar-refractivity contribution in [1.29, 1.82) is 0 Å². The van der Waals surface area contributed by atoms with Crippen molar-refractivity contribution >= 4 is 11.0 Å². The Balaban J connectivity index is 2.74. The minimum Gasteiger partial charge on any atom is -0.494 e. The second-order valence-corrected chi connectivity index (χ2v) is 2.71. The van der Waals surface area contributed by atoms with Gasteiger partial charge in [0.1, 0.15) is 11.3 Å². The van der Waals surface area contributed by atoms with Gasteiger partial charge in [-0.1, -0.05) is 6.07 Å². The van der Waals surface area contributed by atoms with Crippen LogP contribution in [0.15, 0.2) is 18.5 Å². The maximum absolute atomic E-state index is 9.02. The zero-order valence-electron chi connectivity index (χ0n) is 7.24. The van der Waals surface area contributed by atoms with E-state index in [-0.39, 0.29) is 6.61 Å². The first-order valence-electron chi connectivity index (χ1n) is 3.96. The van der Waals surface area contributed by atoms with E-state index < -0.39 is 0 Å². The fourth-order valence-electron chi connectivity index (χ4n) is 1.36. The maximum Gasteiger partial charge on any atom is 0.144 e. The second-order valence-electron chi connectivity index (χ2n) is 2.71. The first-order chi connectivity index (χ1) is 6.36. The molecule has 0 fully saturated rings. The zero-order chi connectivity index (χ0) is 9.26. The van der Waals surface area contributed by atoms with Crippen LogP contribution in [0.3, 0.4) is 0 Å². The van der Waals surface area contributed by atoms with Crippen LogP contribution in [0.25, 0.3) is 11.0 Å². The summed E-state index contributed by atoms with van der Waals surface area (Å²) in [6.45, 7) is -0.00858. The van der Waals surface area contributed by atoms with Gasteiger partial charge in [-0.25, -0.2) is 4.98 Å². The lowest BCUT2D eigenvalue weighted by molar-refractivity contribution is 0.283. The van der Waals surface area contributed by atoms with Crippen LogP contribution in [0.4, 0.5) is 0 Å². The van der Waals surface area contributed by atoms with Gasteiger partial charge in [-0.2, -0.15) is 0 Å². The minimum absolute atomic E-state index is 0.00858. The number of ether oxygens (including phenoxy) is 1. The van der Waals surface area contributed by atoms with E-state index in [1.54, 1.807) is 13.4 Å². The molecule has 1 aromatic heterocycles. The van der Waals surface area contributed by atoms with E-state index in [0.29, 0.717) is 0 Å². The number of benzene rings is 1. The molecule has 1 heterocycles. The molecular formula is C9H10N2O2. The first kappa shape index (κ1) is 8.07. The summed E-state index contributed by atoms with van der Waals surface area (Å²) in [5, 5.41) is 9.02. The fourth-order valence-corrected chi connectivity index (χ4v) is 1.36. The van der Waals surface area contributed by atoms with Gasteiger partial charge >= 0.3 is 0 Å². The van der Waals surface area contributed by atoms with Gasteiger partial charge in [-0.3, -0.25) is 0 Å². The van der Waals surface area contributed by atoms with E-state index in [9.17, 15) is 0 Å².